The van der Waals surface area contributed by atoms with Gasteiger partial charge in [0.05, 0.1) is 0 Å². The van der Waals surface area contributed by atoms with Crippen LogP contribution >= 0.6 is 8.03 Å². The summed E-state index contributed by atoms with van der Waals surface area (Å²) in [6.07, 6.45) is 3.37. The van der Waals surface area contributed by atoms with E-state index in [1.807, 2.05) is 0 Å². The molecule has 0 aromatic carbocycles. The summed E-state index contributed by atoms with van der Waals surface area (Å²) in [7, 11) is -2.28. The smallest absolute Gasteiger partial charge is 0.191 e. The van der Waals surface area contributed by atoms with Gasteiger partial charge in [0.1, 0.15) is 0 Å². The molecule has 3 heteroatoms. The van der Waals surface area contributed by atoms with E-state index >= 15 is 0 Å². The zero-order valence-corrected chi connectivity index (χ0v) is 6.63. The molecular formula is C6H13O2P. The predicted octanol–water partition coefficient (Wildman–Crippen LogP) is 1.81. The standard InChI is InChI=1S/C6H13O2P/c1-3-4-5-6(2)9(7)8/h3,6,9H,1,4-5H2,2H3,(H,7,8). The lowest BCUT2D eigenvalue weighted by atomic mass is 10.2. The highest BCUT2D eigenvalue weighted by molar-refractivity contribution is 7.38. The van der Waals surface area contributed by atoms with Gasteiger partial charge in [-0.1, -0.05) is 13.0 Å². The first kappa shape index (κ1) is 8.93. The monoisotopic (exact) mass is 148 g/mol. The SMILES string of the molecule is C=CCCC(C)[PH](=O)O. The van der Waals surface area contributed by atoms with Crippen molar-refractivity contribution in [2.45, 2.75) is 25.4 Å². The zero-order valence-electron chi connectivity index (χ0n) is 5.63. The van der Waals surface area contributed by atoms with Crippen LogP contribution < -0.4 is 0 Å². The predicted molar refractivity (Wildman–Crippen MR) is 40.1 cm³/mol. The fraction of sp³-hybridized carbons (Fsp3) is 0.667. The second-order valence-corrected chi connectivity index (χ2v) is 3.77. The maximum atomic E-state index is 10.4. The molecule has 54 valence electrons. The molecule has 0 heterocycles. The van der Waals surface area contributed by atoms with E-state index in [9.17, 15) is 4.57 Å². The van der Waals surface area contributed by atoms with Gasteiger partial charge in [-0.25, -0.2) is 0 Å². The summed E-state index contributed by atoms with van der Waals surface area (Å²) in [5, 5.41) is 0. The van der Waals surface area contributed by atoms with Gasteiger partial charge >= 0.3 is 0 Å². The first-order valence-corrected chi connectivity index (χ1v) is 4.45. The Labute approximate surface area is 56.5 Å². The average molecular weight is 148 g/mol. The van der Waals surface area contributed by atoms with Crippen LogP contribution in [0.15, 0.2) is 12.7 Å². The molecule has 0 amide bonds. The quantitative estimate of drug-likeness (QED) is 0.487. The first-order valence-electron chi connectivity index (χ1n) is 3.02. The van der Waals surface area contributed by atoms with Gasteiger partial charge in [-0.2, -0.15) is 0 Å². The summed E-state index contributed by atoms with van der Waals surface area (Å²) in [6.45, 7) is 5.30. The lowest BCUT2D eigenvalue weighted by molar-refractivity contribution is 0.488. The maximum Gasteiger partial charge on any atom is 0.191 e. The zero-order chi connectivity index (χ0) is 7.28. The molecule has 0 radical (unpaired) electrons. The molecule has 2 unspecified atom stereocenters. The van der Waals surface area contributed by atoms with Gasteiger partial charge in [0.2, 0.25) is 0 Å². The third-order valence-electron chi connectivity index (χ3n) is 1.23. The van der Waals surface area contributed by atoms with Crippen LogP contribution in [0.1, 0.15) is 19.8 Å². The molecule has 0 rings (SSSR count). The van der Waals surface area contributed by atoms with Gasteiger partial charge in [-0.05, 0) is 12.8 Å². The Morgan fingerprint density at radius 3 is 2.78 bits per heavy atom. The Hall–Kier alpha value is -0.0700. The molecular weight excluding hydrogens is 135 g/mol. The van der Waals surface area contributed by atoms with Crippen molar-refractivity contribution in [3.05, 3.63) is 12.7 Å². The summed E-state index contributed by atoms with van der Waals surface area (Å²) >= 11 is 0. The summed E-state index contributed by atoms with van der Waals surface area (Å²) in [5.41, 5.74) is -0.0481. The number of rotatable bonds is 4. The van der Waals surface area contributed by atoms with Crippen LogP contribution in [0.4, 0.5) is 0 Å². The van der Waals surface area contributed by atoms with Crippen molar-refractivity contribution in [3.63, 3.8) is 0 Å². The largest absolute Gasteiger partial charge is 0.346 e. The van der Waals surface area contributed by atoms with Gasteiger partial charge < -0.3 is 4.89 Å². The van der Waals surface area contributed by atoms with Crippen LogP contribution in [0, 0.1) is 0 Å². The third-order valence-corrected chi connectivity index (χ3v) is 2.36. The maximum absolute atomic E-state index is 10.4. The van der Waals surface area contributed by atoms with Crippen LogP contribution in [-0.4, -0.2) is 10.6 Å². The van der Waals surface area contributed by atoms with Gasteiger partial charge in [-0.15, -0.1) is 6.58 Å². The Morgan fingerprint density at radius 2 is 2.44 bits per heavy atom. The van der Waals surface area contributed by atoms with Crippen LogP contribution in [-0.2, 0) is 4.57 Å². The van der Waals surface area contributed by atoms with E-state index in [4.69, 9.17) is 4.89 Å². The fourth-order valence-corrected chi connectivity index (χ4v) is 0.905. The molecule has 0 fully saturated rings. The Kier molecular flexibility index (Phi) is 4.74. The normalized spacial score (nSPS) is 16.7. The van der Waals surface area contributed by atoms with E-state index in [0.29, 0.717) is 0 Å². The lowest BCUT2D eigenvalue weighted by Gasteiger charge is -2.02. The molecule has 0 spiro atoms. The second kappa shape index (κ2) is 4.78. The van der Waals surface area contributed by atoms with Gasteiger partial charge in [0.15, 0.2) is 8.03 Å². The third kappa shape index (κ3) is 4.43. The van der Waals surface area contributed by atoms with Crippen LogP contribution in [0.5, 0.6) is 0 Å². The van der Waals surface area contributed by atoms with E-state index in [1.165, 1.54) is 0 Å². The molecule has 0 saturated heterocycles. The molecule has 1 N–H and O–H groups in total. The minimum atomic E-state index is -2.28. The Morgan fingerprint density at radius 1 is 1.89 bits per heavy atom. The highest BCUT2D eigenvalue weighted by Gasteiger charge is 2.04. The second-order valence-electron chi connectivity index (χ2n) is 2.11. The molecule has 2 atom stereocenters. The highest BCUT2D eigenvalue weighted by atomic mass is 31.1. The summed E-state index contributed by atoms with van der Waals surface area (Å²) in [5.74, 6) is 0. The molecule has 0 aliphatic rings. The van der Waals surface area contributed by atoms with Crippen molar-refractivity contribution in [3.8, 4) is 0 Å². The van der Waals surface area contributed by atoms with Crippen LogP contribution in [0.2, 0.25) is 0 Å². The number of hydrogen-bond donors (Lipinski definition) is 1. The van der Waals surface area contributed by atoms with E-state index < -0.39 is 8.03 Å². The van der Waals surface area contributed by atoms with E-state index in [0.717, 1.165) is 12.8 Å². The van der Waals surface area contributed by atoms with Crippen molar-refractivity contribution in [1.82, 2.24) is 0 Å². The summed E-state index contributed by atoms with van der Waals surface area (Å²) in [4.78, 5) is 8.56. The Balaban J connectivity index is 3.37. The average Bonchev–Trinajstić information content (AvgIpc) is 1.82. The van der Waals surface area contributed by atoms with E-state index in [-0.39, 0.29) is 5.66 Å². The van der Waals surface area contributed by atoms with Crippen molar-refractivity contribution >= 4 is 8.03 Å². The first-order chi connectivity index (χ1) is 4.18. The van der Waals surface area contributed by atoms with Crippen molar-refractivity contribution in [1.29, 1.82) is 0 Å². The van der Waals surface area contributed by atoms with Gasteiger partial charge in [0, 0.05) is 5.66 Å². The minimum Gasteiger partial charge on any atom is -0.346 e. The molecule has 0 bridgehead atoms. The number of hydrogen-bond acceptors (Lipinski definition) is 1. The molecule has 0 aliphatic carbocycles. The van der Waals surface area contributed by atoms with Gasteiger partial charge in [0.25, 0.3) is 0 Å². The molecule has 9 heavy (non-hydrogen) atoms. The Bertz CT molecular complexity index is 112. The minimum absolute atomic E-state index is 0.0481. The van der Waals surface area contributed by atoms with Crippen molar-refractivity contribution < 1.29 is 9.46 Å². The van der Waals surface area contributed by atoms with Gasteiger partial charge in [-0.3, -0.25) is 4.57 Å². The number of allylic oxidation sites excluding steroid dienone is 1. The van der Waals surface area contributed by atoms with Crippen LogP contribution in [0.25, 0.3) is 0 Å². The summed E-state index contributed by atoms with van der Waals surface area (Å²) < 4.78 is 10.4. The fourth-order valence-electron chi connectivity index (χ4n) is 0.491. The molecule has 0 aliphatic heterocycles. The van der Waals surface area contributed by atoms with E-state index in [1.54, 1.807) is 13.0 Å². The van der Waals surface area contributed by atoms with Crippen molar-refractivity contribution in [2.75, 3.05) is 0 Å². The van der Waals surface area contributed by atoms with Crippen LogP contribution in [0.3, 0.4) is 0 Å². The molecule has 0 aromatic heterocycles. The molecule has 0 saturated carbocycles. The highest BCUT2D eigenvalue weighted by Crippen LogP contribution is 2.25. The summed E-state index contributed by atoms with van der Waals surface area (Å²) in [6, 6.07) is 0. The molecule has 2 nitrogen and oxygen atoms in total. The lowest BCUT2D eigenvalue weighted by Crippen LogP contribution is -1.92. The van der Waals surface area contributed by atoms with Crippen molar-refractivity contribution in [2.24, 2.45) is 0 Å². The van der Waals surface area contributed by atoms with E-state index in [2.05, 4.69) is 6.58 Å². The topological polar surface area (TPSA) is 37.3 Å². The molecule has 0 aromatic rings.